The average molecular weight is 196 g/mol. The minimum Gasteiger partial charge on any atom is -0.398 e. The van der Waals surface area contributed by atoms with Gasteiger partial charge in [-0.15, -0.1) is 0 Å². The Hall–Kier alpha value is -1.26. The molecule has 78 valence electrons. The van der Waals surface area contributed by atoms with Crippen LogP contribution < -0.4 is 11.5 Å². The van der Waals surface area contributed by atoms with Gasteiger partial charge in [-0.25, -0.2) is 0 Å². The molecule has 0 radical (unpaired) electrons. The van der Waals surface area contributed by atoms with Crippen LogP contribution in [0.15, 0.2) is 6.07 Å². The van der Waals surface area contributed by atoms with E-state index in [1.165, 1.54) is 0 Å². The van der Waals surface area contributed by atoms with Crippen LogP contribution in [0.25, 0.3) is 0 Å². The van der Waals surface area contributed by atoms with E-state index in [4.69, 9.17) is 21.7 Å². The molecule has 1 aromatic rings. The Bertz CT molecular complexity index is 348. The summed E-state index contributed by atoms with van der Waals surface area (Å²) in [5, 5.41) is 17.7. The summed E-state index contributed by atoms with van der Waals surface area (Å²) in [5.74, 6) is 0. The second-order valence-corrected chi connectivity index (χ2v) is 3.49. The average Bonchev–Trinajstić information content (AvgIpc) is 2.10. The molecule has 0 saturated carbocycles. The fraction of sp³-hybridized carbons (Fsp3) is 0.400. The van der Waals surface area contributed by atoms with E-state index in [0.717, 1.165) is 16.7 Å². The van der Waals surface area contributed by atoms with E-state index < -0.39 is 6.29 Å². The first-order valence-electron chi connectivity index (χ1n) is 4.43. The van der Waals surface area contributed by atoms with Crippen molar-refractivity contribution in [3.05, 3.63) is 22.8 Å². The highest BCUT2D eigenvalue weighted by Crippen LogP contribution is 2.27. The van der Waals surface area contributed by atoms with Crippen LogP contribution in [0.1, 0.15) is 16.7 Å². The van der Waals surface area contributed by atoms with Gasteiger partial charge in [-0.2, -0.15) is 0 Å². The smallest absolute Gasteiger partial charge is 0.155 e. The van der Waals surface area contributed by atoms with Gasteiger partial charge in [0.15, 0.2) is 6.29 Å². The molecule has 6 N–H and O–H groups in total. The molecule has 1 aromatic carbocycles. The van der Waals surface area contributed by atoms with Gasteiger partial charge >= 0.3 is 0 Å². The summed E-state index contributed by atoms with van der Waals surface area (Å²) in [5.41, 5.74) is 15.2. The first kappa shape index (κ1) is 10.8. The van der Waals surface area contributed by atoms with Crippen molar-refractivity contribution < 1.29 is 10.2 Å². The maximum Gasteiger partial charge on any atom is 0.155 e. The molecule has 1 rings (SSSR count). The molecule has 0 aliphatic rings. The number of aliphatic hydroxyl groups excluding tert-OH is 1. The number of benzene rings is 1. The largest absolute Gasteiger partial charge is 0.398 e. The molecule has 0 fully saturated rings. The van der Waals surface area contributed by atoms with Crippen LogP contribution in [-0.2, 0) is 6.42 Å². The van der Waals surface area contributed by atoms with Gasteiger partial charge in [-0.1, -0.05) is 6.07 Å². The summed E-state index contributed by atoms with van der Waals surface area (Å²) in [6.45, 7) is 3.69. The van der Waals surface area contributed by atoms with E-state index in [-0.39, 0.29) is 6.42 Å². The zero-order chi connectivity index (χ0) is 10.9. The van der Waals surface area contributed by atoms with Gasteiger partial charge in [0, 0.05) is 17.8 Å². The lowest BCUT2D eigenvalue weighted by Crippen LogP contribution is -2.12. The molecule has 0 bridgehead atoms. The predicted molar refractivity (Wildman–Crippen MR) is 56.7 cm³/mol. The van der Waals surface area contributed by atoms with Gasteiger partial charge in [-0.3, -0.25) is 0 Å². The molecule has 0 saturated heterocycles. The highest BCUT2D eigenvalue weighted by atomic mass is 16.5. The van der Waals surface area contributed by atoms with Gasteiger partial charge in [0.25, 0.3) is 0 Å². The molecule has 0 spiro atoms. The third-order valence-corrected chi connectivity index (χ3v) is 2.37. The van der Waals surface area contributed by atoms with E-state index in [2.05, 4.69) is 0 Å². The highest BCUT2D eigenvalue weighted by molar-refractivity contribution is 5.68. The summed E-state index contributed by atoms with van der Waals surface area (Å²) in [6.07, 6.45) is -1.24. The molecule has 0 atom stereocenters. The Kier molecular flexibility index (Phi) is 2.98. The molecule has 0 unspecified atom stereocenters. The fourth-order valence-corrected chi connectivity index (χ4v) is 1.46. The number of anilines is 2. The molecule has 0 heterocycles. The van der Waals surface area contributed by atoms with Crippen molar-refractivity contribution in [2.24, 2.45) is 0 Å². The summed E-state index contributed by atoms with van der Waals surface area (Å²) in [4.78, 5) is 0. The molecule has 4 heteroatoms. The summed E-state index contributed by atoms with van der Waals surface area (Å²) < 4.78 is 0. The second kappa shape index (κ2) is 3.86. The maximum absolute atomic E-state index is 8.85. The summed E-state index contributed by atoms with van der Waals surface area (Å²) >= 11 is 0. The number of aliphatic hydroxyl groups is 2. The lowest BCUT2D eigenvalue weighted by Gasteiger charge is -2.14. The van der Waals surface area contributed by atoms with Crippen molar-refractivity contribution >= 4 is 11.4 Å². The topological polar surface area (TPSA) is 92.5 Å². The lowest BCUT2D eigenvalue weighted by atomic mass is 9.99. The number of nitrogens with two attached hydrogens (primary N) is 2. The monoisotopic (exact) mass is 196 g/mol. The van der Waals surface area contributed by atoms with Crippen molar-refractivity contribution in [1.29, 1.82) is 0 Å². The van der Waals surface area contributed by atoms with E-state index in [9.17, 15) is 0 Å². The fourth-order valence-electron chi connectivity index (χ4n) is 1.46. The van der Waals surface area contributed by atoms with E-state index in [0.29, 0.717) is 11.4 Å². The van der Waals surface area contributed by atoms with Crippen LogP contribution >= 0.6 is 0 Å². The molecular formula is C10H16N2O2. The molecule has 0 aliphatic heterocycles. The standard InChI is InChI=1S/C10H16N2O2/c1-5-3-7(4-8(13)14)10(12)6(2)9(5)11/h3,8,13-14H,4,11-12H2,1-2H3. The quantitative estimate of drug-likeness (QED) is 0.405. The van der Waals surface area contributed by atoms with Gasteiger partial charge in [0.1, 0.15) is 0 Å². The van der Waals surface area contributed by atoms with E-state index in [1.807, 2.05) is 13.8 Å². The van der Waals surface area contributed by atoms with Gasteiger partial charge in [0.05, 0.1) is 0 Å². The van der Waals surface area contributed by atoms with Crippen LogP contribution in [0, 0.1) is 13.8 Å². The first-order chi connectivity index (χ1) is 6.43. The third kappa shape index (κ3) is 1.97. The third-order valence-electron chi connectivity index (χ3n) is 2.37. The van der Waals surface area contributed by atoms with Gasteiger partial charge < -0.3 is 21.7 Å². The Morgan fingerprint density at radius 1 is 1.21 bits per heavy atom. The number of hydrogen-bond donors (Lipinski definition) is 4. The maximum atomic E-state index is 8.85. The lowest BCUT2D eigenvalue weighted by molar-refractivity contribution is -0.0380. The van der Waals surface area contributed by atoms with Crippen molar-refractivity contribution in [3.63, 3.8) is 0 Å². The van der Waals surface area contributed by atoms with Crippen LogP contribution in [0.5, 0.6) is 0 Å². The van der Waals surface area contributed by atoms with Crippen molar-refractivity contribution in [2.45, 2.75) is 26.6 Å². The Balaban J connectivity index is 3.19. The summed E-state index contributed by atoms with van der Waals surface area (Å²) in [6, 6.07) is 1.79. The SMILES string of the molecule is Cc1cc(CC(O)O)c(N)c(C)c1N. The van der Waals surface area contributed by atoms with Crippen LogP contribution in [0.2, 0.25) is 0 Å². The van der Waals surface area contributed by atoms with Gasteiger partial charge in [0.2, 0.25) is 0 Å². The first-order valence-corrected chi connectivity index (χ1v) is 4.43. The molecule has 0 aliphatic carbocycles. The number of nitrogen functional groups attached to an aromatic ring is 2. The Morgan fingerprint density at radius 2 is 1.79 bits per heavy atom. The molecule has 0 amide bonds. The van der Waals surface area contributed by atoms with Crippen molar-refractivity contribution in [2.75, 3.05) is 11.5 Å². The Morgan fingerprint density at radius 3 is 2.29 bits per heavy atom. The van der Waals surface area contributed by atoms with E-state index >= 15 is 0 Å². The van der Waals surface area contributed by atoms with Crippen molar-refractivity contribution in [3.8, 4) is 0 Å². The number of rotatable bonds is 2. The van der Waals surface area contributed by atoms with Crippen LogP contribution in [0.3, 0.4) is 0 Å². The Labute approximate surface area is 83.2 Å². The van der Waals surface area contributed by atoms with Crippen LogP contribution in [0.4, 0.5) is 11.4 Å². The molecule has 14 heavy (non-hydrogen) atoms. The zero-order valence-electron chi connectivity index (χ0n) is 8.41. The minimum absolute atomic E-state index is 0.133. The second-order valence-electron chi connectivity index (χ2n) is 3.49. The van der Waals surface area contributed by atoms with Crippen LogP contribution in [-0.4, -0.2) is 16.5 Å². The zero-order valence-corrected chi connectivity index (χ0v) is 8.41. The normalized spacial score (nSPS) is 10.9. The van der Waals surface area contributed by atoms with Crippen molar-refractivity contribution in [1.82, 2.24) is 0 Å². The number of aryl methyl sites for hydroxylation is 1. The predicted octanol–water partition coefficient (Wildman–Crippen LogP) is 0.321. The minimum atomic E-state index is -1.38. The molecular weight excluding hydrogens is 180 g/mol. The summed E-state index contributed by atoms with van der Waals surface area (Å²) in [7, 11) is 0. The molecule has 0 aromatic heterocycles. The van der Waals surface area contributed by atoms with E-state index in [1.54, 1.807) is 6.07 Å². The number of hydrogen-bond acceptors (Lipinski definition) is 4. The molecule has 4 nitrogen and oxygen atoms in total. The van der Waals surface area contributed by atoms with Gasteiger partial charge in [-0.05, 0) is 30.5 Å². The highest BCUT2D eigenvalue weighted by Gasteiger charge is 2.10.